The highest BCUT2D eigenvalue weighted by atomic mass is 19.1. The first-order chi connectivity index (χ1) is 11.4. The van der Waals surface area contributed by atoms with Gasteiger partial charge in [-0.25, -0.2) is 9.18 Å². The van der Waals surface area contributed by atoms with Crippen LogP contribution < -0.4 is 10.6 Å². The molecule has 0 bridgehead atoms. The van der Waals surface area contributed by atoms with Crippen molar-refractivity contribution in [3.63, 3.8) is 0 Å². The average Bonchev–Trinajstić information content (AvgIpc) is 2.70. The molecule has 2 rings (SSSR count). The van der Waals surface area contributed by atoms with Crippen LogP contribution in [0.4, 0.5) is 14.9 Å². The second-order valence-electron chi connectivity index (χ2n) is 7.85. The number of carbonyl (C=O) groups is 1. The lowest BCUT2D eigenvalue weighted by Crippen LogP contribution is -2.43. The van der Waals surface area contributed by atoms with Gasteiger partial charge in [-0.1, -0.05) is 13.0 Å². The van der Waals surface area contributed by atoms with E-state index in [-0.39, 0.29) is 17.5 Å². The number of rotatable bonds is 4. The lowest BCUT2D eigenvalue weighted by atomic mass is 9.69. The standard InChI is InChI=1S/C18H28BFN2O3/c1-11-8-9-14(20)15(10-11)22-16(23)21-13(3)12(2)19-24-17(4,5)18(6,7)25-19/h8-10,12-13H,1-7H3,(H2,21,22,23)/t12?,13-/m1/s1. The molecule has 1 saturated heterocycles. The van der Waals surface area contributed by atoms with Crippen molar-refractivity contribution in [3.05, 3.63) is 29.6 Å². The van der Waals surface area contributed by atoms with Crippen molar-refractivity contribution in [2.75, 3.05) is 5.32 Å². The molecular formula is C18H28BFN2O3. The van der Waals surface area contributed by atoms with Crippen LogP contribution in [-0.4, -0.2) is 30.4 Å². The summed E-state index contributed by atoms with van der Waals surface area (Å²) in [5.74, 6) is -0.540. The molecule has 5 nitrogen and oxygen atoms in total. The monoisotopic (exact) mass is 350 g/mol. The number of carbonyl (C=O) groups excluding carboxylic acids is 1. The highest BCUT2D eigenvalue weighted by Crippen LogP contribution is 2.40. The largest absolute Gasteiger partial charge is 0.462 e. The highest BCUT2D eigenvalue weighted by molar-refractivity contribution is 6.47. The summed E-state index contributed by atoms with van der Waals surface area (Å²) in [6.07, 6.45) is 0. The number of urea groups is 1. The molecule has 1 aromatic carbocycles. The van der Waals surface area contributed by atoms with E-state index in [2.05, 4.69) is 10.6 Å². The van der Waals surface area contributed by atoms with E-state index in [1.54, 1.807) is 12.1 Å². The van der Waals surface area contributed by atoms with Crippen LogP contribution in [0, 0.1) is 12.7 Å². The minimum absolute atomic E-state index is 0.0749. The summed E-state index contributed by atoms with van der Waals surface area (Å²) in [5, 5.41) is 5.38. The van der Waals surface area contributed by atoms with Gasteiger partial charge in [0.25, 0.3) is 0 Å². The van der Waals surface area contributed by atoms with Crippen molar-refractivity contribution in [1.29, 1.82) is 0 Å². The van der Waals surface area contributed by atoms with Gasteiger partial charge in [-0.3, -0.25) is 0 Å². The molecule has 138 valence electrons. The van der Waals surface area contributed by atoms with Crippen LogP contribution >= 0.6 is 0 Å². The summed E-state index contributed by atoms with van der Waals surface area (Å²) >= 11 is 0. The number of aryl methyl sites for hydroxylation is 1. The van der Waals surface area contributed by atoms with Crippen LogP contribution in [0.1, 0.15) is 47.1 Å². The van der Waals surface area contributed by atoms with Crippen molar-refractivity contribution in [3.8, 4) is 0 Å². The summed E-state index contributed by atoms with van der Waals surface area (Å²) in [7, 11) is -0.420. The first-order valence-corrected chi connectivity index (χ1v) is 8.62. The van der Waals surface area contributed by atoms with Crippen molar-refractivity contribution < 1.29 is 18.5 Å². The predicted octanol–water partition coefficient (Wildman–Crippen LogP) is 4.13. The molecule has 2 N–H and O–H groups in total. The van der Waals surface area contributed by atoms with E-state index in [1.807, 2.05) is 48.5 Å². The van der Waals surface area contributed by atoms with Crippen LogP contribution in [0.2, 0.25) is 5.82 Å². The van der Waals surface area contributed by atoms with Gasteiger partial charge in [0.15, 0.2) is 0 Å². The zero-order valence-corrected chi connectivity index (χ0v) is 16.1. The fourth-order valence-electron chi connectivity index (χ4n) is 2.57. The molecule has 0 aromatic heterocycles. The van der Waals surface area contributed by atoms with Gasteiger partial charge in [0.1, 0.15) is 5.82 Å². The van der Waals surface area contributed by atoms with Crippen molar-refractivity contribution in [2.45, 2.75) is 71.5 Å². The summed E-state index contributed by atoms with van der Waals surface area (Å²) in [5.41, 5.74) is 0.195. The maximum absolute atomic E-state index is 13.8. The van der Waals surface area contributed by atoms with Gasteiger partial charge in [-0.05, 0) is 59.2 Å². The smallest absolute Gasteiger partial charge is 0.403 e. The Labute approximate surface area is 149 Å². The first kappa shape index (κ1) is 19.7. The first-order valence-electron chi connectivity index (χ1n) is 8.62. The molecule has 0 saturated carbocycles. The number of anilines is 1. The fourth-order valence-corrected chi connectivity index (χ4v) is 2.57. The van der Waals surface area contributed by atoms with Crippen LogP contribution in [0.5, 0.6) is 0 Å². The maximum Gasteiger partial charge on any atom is 0.462 e. The normalized spacial score (nSPS) is 20.9. The Morgan fingerprint density at radius 3 is 2.28 bits per heavy atom. The van der Waals surface area contributed by atoms with Crippen LogP contribution in [0.15, 0.2) is 18.2 Å². The molecule has 7 heteroatoms. The third-order valence-electron chi connectivity index (χ3n) is 5.22. The summed E-state index contributed by atoms with van der Waals surface area (Å²) < 4.78 is 25.8. The van der Waals surface area contributed by atoms with Gasteiger partial charge < -0.3 is 19.9 Å². The molecule has 1 unspecified atom stereocenters. The third kappa shape index (κ3) is 4.33. The summed E-state index contributed by atoms with van der Waals surface area (Å²) in [6.45, 7) is 13.6. The molecule has 1 fully saturated rings. The Balaban J connectivity index is 1.96. The van der Waals surface area contributed by atoms with E-state index < -0.39 is 30.2 Å². The summed E-state index contributed by atoms with van der Waals surface area (Å²) in [4.78, 5) is 12.2. The minimum Gasteiger partial charge on any atom is -0.403 e. The SMILES string of the molecule is Cc1ccc(F)c(NC(=O)N[C@H](C)C(C)B2OC(C)(C)C(C)(C)O2)c1. The lowest BCUT2D eigenvalue weighted by molar-refractivity contribution is 0.00578. The molecule has 0 radical (unpaired) electrons. The van der Waals surface area contributed by atoms with Crippen molar-refractivity contribution in [2.24, 2.45) is 0 Å². The predicted molar refractivity (Wildman–Crippen MR) is 98.3 cm³/mol. The Morgan fingerprint density at radius 2 is 1.72 bits per heavy atom. The summed E-state index contributed by atoms with van der Waals surface area (Å²) in [6, 6.07) is 3.91. The number of halogens is 1. The number of amides is 2. The molecule has 25 heavy (non-hydrogen) atoms. The molecular weight excluding hydrogens is 322 g/mol. The lowest BCUT2D eigenvalue weighted by Gasteiger charge is -2.32. The second kappa shape index (κ2) is 6.96. The molecule has 2 amide bonds. The van der Waals surface area contributed by atoms with Gasteiger partial charge in [-0.15, -0.1) is 0 Å². The van der Waals surface area contributed by atoms with E-state index in [1.165, 1.54) is 6.07 Å². The fraction of sp³-hybridized carbons (Fsp3) is 0.611. The van der Waals surface area contributed by atoms with E-state index in [9.17, 15) is 9.18 Å². The zero-order valence-electron chi connectivity index (χ0n) is 16.1. The number of hydrogen-bond acceptors (Lipinski definition) is 3. The number of benzene rings is 1. The number of hydrogen-bond donors (Lipinski definition) is 2. The quantitative estimate of drug-likeness (QED) is 0.803. The highest BCUT2D eigenvalue weighted by Gasteiger charge is 2.53. The zero-order chi connectivity index (χ0) is 19.0. The van der Waals surface area contributed by atoms with E-state index in [4.69, 9.17) is 9.31 Å². The van der Waals surface area contributed by atoms with Crippen LogP contribution in [-0.2, 0) is 9.31 Å². The molecule has 0 spiro atoms. The van der Waals surface area contributed by atoms with Crippen LogP contribution in [0.25, 0.3) is 0 Å². The Morgan fingerprint density at radius 1 is 1.16 bits per heavy atom. The Bertz CT molecular complexity index is 635. The van der Waals surface area contributed by atoms with Gasteiger partial charge in [0.2, 0.25) is 0 Å². The maximum atomic E-state index is 13.8. The van der Waals surface area contributed by atoms with Gasteiger partial charge in [0.05, 0.1) is 16.9 Å². The molecule has 2 atom stereocenters. The molecule has 1 aliphatic heterocycles. The Hall–Kier alpha value is -1.60. The topological polar surface area (TPSA) is 59.6 Å². The second-order valence-corrected chi connectivity index (χ2v) is 7.85. The van der Waals surface area contributed by atoms with E-state index in [0.29, 0.717) is 0 Å². The van der Waals surface area contributed by atoms with Crippen LogP contribution in [0.3, 0.4) is 0 Å². The minimum atomic E-state index is -0.465. The van der Waals surface area contributed by atoms with E-state index >= 15 is 0 Å². The number of nitrogens with one attached hydrogen (secondary N) is 2. The van der Waals surface area contributed by atoms with Gasteiger partial charge in [-0.2, -0.15) is 0 Å². The molecule has 1 aromatic rings. The third-order valence-corrected chi connectivity index (χ3v) is 5.22. The van der Waals surface area contributed by atoms with Crippen molar-refractivity contribution >= 4 is 18.8 Å². The Kier molecular flexibility index (Phi) is 5.49. The van der Waals surface area contributed by atoms with Crippen molar-refractivity contribution in [1.82, 2.24) is 5.32 Å². The average molecular weight is 350 g/mol. The molecule has 1 heterocycles. The van der Waals surface area contributed by atoms with E-state index in [0.717, 1.165) is 5.56 Å². The van der Waals surface area contributed by atoms with Gasteiger partial charge >= 0.3 is 13.1 Å². The molecule has 1 aliphatic rings. The van der Waals surface area contributed by atoms with Gasteiger partial charge in [0, 0.05) is 11.9 Å². The molecule has 0 aliphatic carbocycles.